The first-order chi connectivity index (χ1) is 24.9. The fourth-order valence-corrected chi connectivity index (χ4v) is 7.26. The van der Waals surface area contributed by atoms with E-state index in [0.29, 0.717) is 12.8 Å². The number of amides is 1. The normalized spacial score (nSPS) is 14.7. The average Bonchev–Trinajstić information content (AvgIpc) is 3.13. The molecule has 7 nitrogen and oxygen atoms in total. The fraction of sp³-hybridized carbons (Fsp3) is 0.977. The minimum absolute atomic E-state index is 0.321. The van der Waals surface area contributed by atoms with Gasteiger partial charge in [0.25, 0.3) is 5.91 Å². The van der Waals surface area contributed by atoms with Crippen LogP contribution in [0.4, 0.5) is 0 Å². The monoisotopic (exact) mass is 728 g/mol. The molecular formula is C44H89NO6. The lowest BCUT2D eigenvalue weighted by Gasteiger charge is -2.28. The molecule has 0 radical (unpaired) electrons. The standard InChI is InChI=1S/C44H89NO6/c1-3-5-7-9-11-13-15-17-18-19-20-21-22-23-24-25-27-29-31-33-35-37-41(48)43(50)44(51)45-39(38-46)42(49)40(47)36-34-32-30-28-26-16-14-12-10-8-6-4-2/h39-43,46-50H,3-38H2,1-2H3,(H,45,51). The van der Waals surface area contributed by atoms with E-state index in [2.05, 4.69) is 19.2 Å². The van der Waals surface area contributed by atoms with Crippen molar-refractivity contribution in [2.75, 3.05) is 6.61 Å². The van der Waals surface area contributed by atoms with Crippen molar-refractivity contribution in [3.05, 3.63) is 0 Å². The van der Waals surface area contributed by atoms with Crippen LogP contribution >= 0.6 is 0 Å². The highest BCUT2D eigenvalue weighted by atomic mass is 16.3. The average molecular weight is 728 g/mol. The molecule has 0 aliphatic rings. The molecule has 7 heteroatoms. The lowest BCUT2D eigenvalue weighted by atomic mass is 9.98. The van der Waals surface area contributed by atoms with Crippen LogP contribution in [-0.4, -0.2) is 68.5 Å². The maximum atomic E-state index is 12.5. The molecule has 51 heavy (non-hydrogen) atoms. The Bertz CT molecular complexity index is 709. The van der Waals surface area contributed by atoms with Gasteiger partial charge in [0.2, 0.25) is 0 Å². The second-order valence-corrected chi connectivity index (χ2v) is 15.9. The lowest BCUT2D eigenvalue weighted by molar-refractivity contribution is -0.138. The van der Waals surface area contributed by atoms with Gasteiger partial charge in [-0.1, -0.05) is 226 Å². The number of aliphatic hydroxyl groups excluding tert-OH is 5. The van der Waals surface area contributed by atoms with Crippen LogP contribution in [-0.2, 0) is 4.79 Å². The summed E-state index contributed by atoms with van der Waals surface area (Å²) in [5, 5.41) is 53.9. The number of hydrogen-bond acceptors (Lipinski definition) is 6. The van der Waals surface area contributed by atoms with Gasteiger partial charge in [-0.15, -0.1) is 0 Å². The zero-order valence-electron chi connectivity index (χ0n) is 34.0. The van der Waals surface area contributed by atoms with Crippen LogP contribution in [0.1, 0.15) is 239 Å². The zero-order chi connectivity index (χ0) is 37.6. The highest BCUT2D eigenvalue weighted by Gasteiger charge is 2.31. The topological polar surface area (TPSA) is 130 Å². The molecule has 1 amide bonds. The minimum Gasteiger partial charge on any atom is -0.394 e. The summed E-state index contributed by atoms with van der Waals surface area (Å²) in [6.07, 6.45) is 37.4. The summed E-state index contributed by atoms with van der Waals surface area (Å²) in [5.41, 5.74) is 0. The molecule has 6 N–H and O–H groups in total. The van der Waals surface area contributed by atoms with Crippen LogP contribution in [0.2, 0.25) is 0 Å². The van der Waals surface area contributed by atoms with Crippen molar-refractivity contribution in [3.8, 4) is 0 Å². The number of nitrogens with one attached hydrogen (secondary N) is 1. The first-order valence-electron chi connectivity index (χ1n) is 22.5. The van der Waals surface area contributed by atoms with E-state index in [-0.39, 0.29) is 0 Å². The molecule has 0 aromatic heterocycles. The molecule has 0 heterocycles. The zero-order valence-corrected chi connectivity index (χ0v) is 34.0. The molecular weight excluding hydrogens is 638 g/mol. The van der Waals surface area contributed by atoms with Gasteiger partial charge >= 0.3 is 0 Å². The number of rotatable bonds is 41. The van der Waals surface area contributed by atoms with Crippen molar-refractivity contribution < 1.29 is 30.3 Å². The third-order valence-electron chi connectivity index (χ3n) is 10.9. The molecule has 0 aromatic rings. The largest absolute Gasteiger partial charge is 0.394 e. The number of hydrogen-bond donors (Lipinski definition) is 6. The van der Waals surface area contributed by atoms with Crippen LogP contribution in [0.5, 0.6) is 0 Å². The predicted molar refractivity (Wildman–Crippen MR) is 216 cm³/mol. The van der Waals surface area contributed by atoms with Gasteiger partial charge in [0, 0.05) is 0 Å². The molecule has 0 fully saturated rings. The summed E-state index contributed by atoms with van der Waals surface area (Å²) in [5.74, 6) is -0.832. The van der Waals surface area contributed by atoms with Gasteiger partial charge in [0.15, 0.2) is 6.10 Å². The molecule has 5 atom stereocenters. The molecule has 0 aliphatic heterocycles. The summed E-state index contributed by atoms with van der Waals surface area (Å²) < 4.78 is 0. The van der Waals surface area contributed by atoms with Crippen molar-refractivity contribution in [2.24, 2.45) is 0 Å². The van der Waals surface area contributed by atoms with Gasteiger partial charge in [-0.3, -0.25) is 4.79 Å². The highest BCUT2D eigenvalue weighted by Crippen LogP contribution is 2.17. The summed E-state index contributed by atoms with van der Waals surface area (Å²) in [7, 11) is 0. The smallest absolute Gasteiger partial charge is 0.251 e. The molecule has 0 rings (SSSR count). The van der Waals surface area contributed by atoms with Crippen LogP contribution in [0.3, 0.4) is 0 Å². The highest BCUT2D eigenvalue weighted by molar-refractivity contribution is 5.81. The molecule has 0 bridgehead atoms. The summed E-state index contributed by atoms with van der Waals surface area (Å²) >= 11 is 0. The van der Waals surface area contributed by atoms with E-state index in [4.69, 9.17) is 0 Å². The maximum Gasteiger partial charge on any atom is 0.251 e. The Labute approximate surface area is 316 Å². The Balaban J connectivity index is 3.76. The van der Waals surface area contributed by atoms with Crippen molar-refractivity contribution >= 4 is 5.91 Å². The summed E-state index contributed by atoms with van der Waals surface area (Å²) in [6.45, 7) is 3.96. The second kappa shape index (κ2) is 39.0. The molecule has 0 aromatic carbocycles. The van der Waals surface area contributed by atoms with Gasteiger partial charge in [0.1, 0.15) is 6.10 Å². The number of carbonyl (C=O) groups is 1. The molecule has 5 unspecified atom stereocenters. The Morgan fingerprint density at radius 1 is 0.412 bits per heavy atom. The molecule has 306 valence electrons. The Hall–Kier alpha value is -0.730. The van der Waals surface area contributed by atoms with Gasteiger partial charge in [0.05, 0.1) is 24.9 Å². The van der Waals surface area contributed by atoms with Crippen LogP contribution in [0.25, 0.3) is 0 Å². The molecule has 0 aliphatic carbocycles. The van der Waals surface area contributed by atoms with Gasteiger partial charge in [-0.25, -0.2) is 0 Å². The van der Waals surface area contributed by atoms with Gasteiger partial charge < -0.3 is 30.8 Å². The van der Waals surface area contributed by atoms with Crippen molar-refractivity contribution in [3.63, 3.8) is 0 Å². The number of aliphatic hydroxyl groups is 5. The van der Waals surface area contributed by atoms with Crippen molar-refractivity contribution in [1.82, 2.24) is 5.32 Å². The molecule has 0 saturated carbocycles. The van der Waals surface area contributed by atoms with E-state index >= 15 is 0 Å². The third-order valence-corrected chi connectivity index (χ3v) is 10.9. The molecule has 0 saturated heterocycles. The van der Waals surface area contributed by atoms with E-state index < -0.39 is 43.0 Å². The lowest BCUT2D eigenvalue weighted by Crippen LogP contribution is -2.54. The van der Waals surface area contributed by atoms with E-state index in [9.17, 15) is 30.3 Å². The van der Waals surface area contributed by atoms with E-state index in [1.54, 1.807) is 0 Å². The summed E-state index contributed by atoms with van der Waals surface area (Å²) in [6, 6.07) is -1.10. The molecule has 0 spiro atoms. The van der Waals surface area contributed by atoms with Crippen LogP contribution in [0, 0.1) is 0 Å². The van der Waals surface area contributed by atoms with Gasteiger partial charge in [-0.05, 0) is 12.8 Å². The summed E-state index contributed by atoms with van der Waals surface area (Å²) in [4.78, 5) is 12.5. The maximum absolute atomic E-state index is 12.5. The number of carbonyl (C=O) groups excluding carboxylic acids is 1. The number of unbranched alkanes of at least 4 members (excludes halogenated alkanes) is 31. The Kier molecular flexibility index (Phi) is 38.4. The van der Waals surface area contributed by atoms with E-state index in [0.717, 1.165) is 38.5 Å². The first kappa shape index (κ1) is 50.3. The van der Waals surface area contributed by atoms with Crippen LogP contribution < -0.4 is 5.32 Å². The third kappa shape index (κ3) is 32.4. The van der Waals surface area contributed by atoms with E-state index in [1.165, 1.54) is 173 Å². The van der Waals surface area contributed by atoms with Gasteiger partial charge in [-0.2, -0.15) is 0 Å². The predicted octanol–water partition coefficient (Wildman–Crippen LogP) is 10.6. The van der Waals surface area contributed by atoms with Crippen LogP contribution in [0.15, 0.2) is 0 Å². The SMILES string of the molecule is CCCCCCCCCCCCCCCCCCCCCCCC(O)C(O)C(=O)NC(CO)C(O)C(O)CCCCCCCCCCCCCC. The first-order valence-corrected chi connectivity index (χ1v) is 22.5. The van der Waals surface area contributed by atoms with E-state index in [1.807, 2.05) is 0 Å². The van der Waals surface area contributed by atoms with Crippen molar-refractivity contribution in [2.45, 2.75) is 269 Å². The quantitative estimate of drug-likeness (QED) is 0.0348. The van der Waals surface area contributed by atoms with Crippen molar-refractivity contribution in [1.29, 1.82) is 0 Å². The second-order valence-electron chi connectivity index (χ2n) is 15.9. The fourth-order valence-electron chi connectivity index (χ4n) is 7.26. The minimum atomic E-state index is -1.63. The Morgan fingerprint density at radius 3 is 0.941 bits per heavy atom. The Morgan fingerprint density at radius 2 is 0.667 bits per heavy atom.